The molecule has 1 saturated heterocycles. The molecule has 0 saturated carbocycles. The van der Waals surface area contributed by atoms with Gasteiger partial charge in [-0.1, -0.05) is 5.16 Å². The summed E-state index contributed by atoms with van der Waals surface area (Å²) >= 11 is 0. The van der Waals surface area contributed by atoms with E-state index < -0.39 is 12.6 Å². The van der Waals surface area contributed by atoms with Crippen molar-refractivity contribution in [1.82, 2.24) is 15.5 Å². The zero-order chi connectivity index (χ0) is 13.0. The minimum atomic E-state index is -4.19. The molecule has 1 aromatic rings. The van der Waals surface area contributed by atoms with Crippen LogP contribution in [-0.2, 0) is 17.6 Å². The van der Waals surface area contributed by atoms with E-state index in [1.54, 1.807) is 0 Å². The van der Waals surface area contributed by atoms with Crippen molar-refractivity contribution >= 4 is 0 Å². The molecule has 0 spiro atoms. The van der Waals surface area contributed by atoms with Crippen LogP contribution in [-0.4, -0.2) is 42.1 Å². The second-order valence-electron chi connectivity index (χ2n) is 4.15. The first-order valence-electron chi connectivity index (χ1n) is 5.72. The Morgan fingerprint density at radius 2 is 2.22 bits per heavy atom. The molecule has 1 N–H and O–H groups in total. The van der Waals surface area contributed by atoms with Gasteiger partial charge in [0.15, 0.2) is 5.82 Å². The highest BCUT2D eigenvalue weighted by atomic mass is 19.4. The molecule has 102 valence electrons. The predicted molar refractivity (Wildman–Crippen MR) is 55.0 cm³/mol. The summed E-state index contributed by atoms with van der Waals surface area (Å²) in [4.78, 5) is 3.93. The Kier molecular flexibility index (Phi) is 4.18. The van der Waals surface area contributed by atoms with Gasteiger partial charge in [0, 0.05) is 25.4 Å². The van der Waals surface area contributed by atoms with Crippen molar-refractivity contribution in [2.45, 2.75) is 31.5 Å². The van der Waals surface area contributed by atoms with Crippen LogP contribution in [0.15, 0.2) is 4.52 Å². The van der Waals surface area contributed by atoms with Crippen LogP contribution in [0.4, 0.5) is 13.2 Å². The van der Waals surface area contributed by atoms with Gasteiger partial charge in [-0.15, -0.1) is 0 Å². The van der Waals surface area contributed by atoms with E-state index in [0.29, 0.717) is 25.5 Å². The first-order valence-corrected chi connectivity index (χ1v) is 5.72. The summed E-state index contributed by atoms with van der Waals surface area (Å²) in [6.07, 6.45) is -4.91. The molecule has 5 nitrogen and oxygen atoms in total. The molecule has 0 aliphatic carbocycles. The van der Waals surface area contributed by atoms with E-state index in [0.717, 1.165) is 6.54 Å². The second kappa shape index (κ2) is 5.66. The number of hydrogen-bond donors (Lipinski definition) is 1. The Morgan fingerprint density at radius 1 is 1.39 bits per heavy atom. The molecular weight excluding hydrogens is 251 g/mol. The first-order chi connectivity index (χ1) is 8.53. The van der Waals surface area contributed by atoms with Crippen molar-refractivity contribution in [1.29, 1.82) is 0 Å². The largest absolute Gasteiger partial charge is 0.389 e. The van der Waals surface area contributed by atoms with Gasteiger partial charge in [0.25, 0.3) is 0 Å². The first kappa shape index (κ1) is 13.3. The fourth-order valence-electron chi connectivity index (χ4n) is 1.69. The van der Waals surface area contributed by atoms with Crippen LogP contribution >= 0.6 is 0 Å². The fraction of sp³-hybridized carbons (Fsp3) is 0.800. The van der Waals surface area contributed by atoms with Crippen LogP contribution in [0.2, 0.25) is 0 Å². The van der Waals surface area contributed by atoms with Crippen LogP contribution in [0.1, 0.15) is 18.1 Å². The molecule has 18 heavy (non-hydrogen) atoms. The highest BCUT2D eigenvalue weighted by Gasteiger charge is 2.27. The third kappa shape index (κ3) is 4.26. The average molecular weight is 265 g/mol. The van der Waals surface area contributed by atoms with Gasteiger partial charge in [0.2, 0.25) is 5.89 Å². The second-order valence-corrected chi connectivity index (χ2v) is 4.15. The van der Waals surface area contributed by atoms with E-state index >= 15 is 0 Å². The Labute approximate surface area is 102 Å². The molecule has 0 bridgehead atoms. The number of ether oxygens (including phenoxy) is 1. The number of morpholine rings is 1. The van der Waals surface area contributed by atoms with Crippen molar-refractivity contribution in [3.05, 3.63) is 11.7 Å². The minimum Gasteiger partial charge on any atom is -0.378 e. The Bertz CT molecular complexity index is 375. The van der Waals surface area contributed by atoms with Crippen LogP contribution in [0.3, 0.4) is 0 Å². The quantitative estimate of drug-likeness (QED) is 0.883. The summed E-state index contributed by atoms with van der Waals surface area (Å²) in [5.74, 6) is 0.439. The Hall–Kier alpha value is -1.15. The Morgan fingerprint density at radius 3 is 2.89 bits per heavy atom. The lowest BCUT2D eigenvalue weighted by molar-refractivity contribution is -0.134. The number of nitrogens with zero attached hydrogens (tertiary/aromatic N) is 2. The molecule has 1 aliphatic heterocycles. The number of aryl methyl sites for hydroxylation is 1. The zero-order valence-corrected chi connectivity index (χ0v) is 9.66. The van der Waals surface area contributed by atoms with Crippen molar-refractivity contribution in [2.24, 2.45) is 0 Å². The van der Waals surface area contributed by atoms with E-state index in [4.69, 9.17) is 9.26 Å². The number of hydrogen-bond acceptors (Lipinski definition) is 5. The lowest BCUT2D eigenvalue weighted by Gasteiger charge is -2.22. The average Bonchev–Trinajstić information content (AvgIpc) is 2.75. The number of nitrogens with one attached hydrogen (secondary N) is 1. The van der Waals surface area contributed by atoms with Crippen molar-refractivity contribution in [3.8, 4) is 0 Å². The molecule has 1 aliphatic rings. The fourth-order valence-corrected chi connectivity index (χ4v) is 1.69. The van der Waals surface area contributed by atoms with Crippen LogP contribution in [0.25, 0.3) is 0 Å². The molecule has 1 unspecified atom stereocenters. The lowest BCUT2D eigenvalue weighted by atomic mass is 10.2. The topological polar surface area (TPSA) is 60.2 Å². The number of aromatic nitrogens is 2. The number of halogens is 3. The van der Waals surface area contributed by atoms with E-state index in [1.165, 1.54) is 0 Å². The molecule has 1 fully saturated rings. The maximum absolute atomic E-state index is 12.0. The Balaban J connectivity index is 1.82. The molecule has 0 amide bonds. The summed E-state index contributed by atoms with van der Waals surface area (Å²) in [7, 11) is 0. The van der Waals surface area contributed by atoms with Crippen molar-refractivity contribution in [3.63, 3.8) is 0 Å². The normalized spacial score (nSPS) is 21.2. The van der Waals surface area contributed by atoms with Gasteiger partial charge in [-0.3, -0.25) is 0 Å². The summed E-state index contributed by atoms with van der Waals surface area (Å²) < 4.78 is 46.2. The van der Waals surface area contributed by atoms with E-state index in [2.05, 4.69) is 15.5 Å². The molecule has 1 atom stereocenters. The minimum absolute atomic E-state index is 0.0784. The van der Waals surface area contributed by atoms with Gasteiger partial charge in [-0.2, -0.15) is 18.2 Å². The highest BCUT2D eigenvalue weighted by molar-refractivity contribution is 4.91. The van der Waals surface area contributed by atoms with Gasteiger partial charge >= 0.3 is 6.18 Å². The third-order valence-electron chi connectivity index (χ3n) is 2.56. The van der Waals surface area contributed by atoms with E-state index in [9.17, 15) is 13.2 Å². The number of rotatable bonds is 4. The summed E-state index contributed by atoms with van der Waals surface area (Å²) in [6.45, 7) is 1.96. The summed E-state index contributed by atoms with van der Waals surface area (Å²) in [5, 5.41) is 6.73. The predicted octanol–water partition coefficient (Wildman–Crippen LogP) is 1.10. The van der Waals surface area contributed by atoms with Gasteiger partial charge in [-0.05, 0) is 0 Å². The summed E-state index contributed by atoms with van der Waals surface area (Å²) in [6, 6.07) is 0.0784. The van der Waals surface area contributed by atoms with Crippen LogP contribution in [0.5, 0.6) is 0 Å². The molecule has 2 heterocycles. The van der Waals surface area contributed by atoms with Gasteiger partial charge in [-0.25, -0.2) is 0 Å². The molecule has 2 rings (SSSR count). The maximum Gasteiger partial charge on any atom is 0.389 e. The maximum atomic E-state index is 12.0. The molecule has 8 heteroatoms. The van der Waals surface area contributed by atoms with Crippen molar-refractivity contribution in [2.75, 3.05) is 19.8 Å². The molecular formula is C10H14F3N3O2. The van der Waals surface area contributed by atoms with Gasteiger partial charge < -0.3 is 14.6 Å². The standard InChI is InChI=1S/C10H14F3N3O2/c11-10(12,13)2-1-8-15-9(18-16-8)5-7-6-17-4-3-14-7/h7,14H,1-6H2. The van der Waals surface area contributed by atoms with Crippen LogP contribution < -0.4 is 5.32 Å². The SMILES string of the molecule is FC(F)(F)CCc1noc(CC2COCCN2)n1. The number of alkyl halides is 3. The van der Waals surface area contributed by atoms with Gasteiger partial charge in [0.1, 0.15) is 0 Å². The molecule has 1 aromatic heterocycles. The van der Waals surface area contributed by atoms with E-state index in [-0.39, 0.29) is 18.3 Å². The molecule has 0 radical (unpaired) electrons. The van der Waals surface area contributed by atoms with Crippen LogP contribution in [0, 0.1) is 0 Å². The van der Waals surface area contributed by atoms with Gasteiger partial charge in [0.05, 0.1) is 19.6 Å². The monoisotopic (exact) mass is 265 g/mol. The van der Waals surface area contributed by atoms with Crippen molar-refractivity contribution < 1.29 is 22.4 Å². The smallest absolute Gasteiger partial charge is 0.378 e. The molecule has 0 aromatic carbocycles. The highest BCUT2D eigenvalue weighted by Crippen LogP contribution is 2.21. The van der Waals surface area contributed by atoms with E-state index in [1.807, 2.05) is 0 Å². The summed E-state index contributed by atoms with van der Waals surface area (Å²) in [5.41, 5.74) is 0. The lowest BCUT2D eigenvalue weighted by Crippen LogP contribution is -2.42. The third-order valence-corrected chi connectivity index (χ3v) is 2.56. The zero-order valence-electron chi connectivity index (χ0n) is 9.66.